The van der Waals surface area contributed by atoms with Crippen LogP contribution in [0.4, 0.5) is 0 Å². The molecule has 1 atom stereocenters. The molecule has 1 fully saturated rings. The first-order valence-electron chi connectivity index (χ1n) is 9.16. The Kier molecular flexibility index (Phi) is 5.57. The molecule has 0 saturated carbocycles. The van der Waals surface area contributed by atoms with Gasteiger partial charge in [0.15, 0.2) is 0 Å². The first kappa shape index (κ1) is 20.1. The van der Waals surface area contributed by atoms with Crippen LogP contribution in [0, 0.1) is 0 Å². The molecule has 1 unspecified atom stereocenters. The van der Waals surface area contributed by atoms with Gasteiger partial charge in [0.1, 0.15) is 5.76 Å². The predicted molar refractivity (Wildman–Crippen MR) is 115 cm³/mol. The van der Waals surface area contributed by atoms with Crippen LogP contribution in [0.3, 0.4) is 0 Å². The summed E-state index contributed by atoms with van der Waals surface area (Å²) in [5.41, 5.74) is 1.64. The van der Waals surface area contributed by atoms with Crippen molar-refractivity contribution in [2.45, 2.75) is 12.6 Å². The van der Waals surface area contributed by atoms with Gasteiger partial charge in [0.25, 0.3) is 11.7 Å². The normalized spacial score (nSPS) is 18.1. The highest BCUT2D eigenvalue weighted by atomic mass is 35.5. The number of carbonyl (C=O) groups excluding carboxylic acids is 2. The Morgan fingerprint density at radius 3 is 2.37 bits per heavy atom. The number of hydrogen-bond donors (Lipinski definition) is 1. The van der Waals surface area contributed by atoms with Gasteiger partial charge in [0.05, 0.1) is 33.9 Å². The van der Waals surface area contributed by atoms with Crippen LogP contribution in [0.2, 0.25) is 10.0 Å². The van der Waals surface area contributed by atoms with Crippen LogP contribution >= 0.6 is 23.2 Å². The van der Waals surface area contributed by atoms with Crippen LogP contribution in [-0.2, 0) is 16.1 Å². The molecule has 1 N–H and O–H groups in total. The van der Waals surface area contributed by atoms with Gasteiger partial charge in [-0.25, -0.2) is 0 Å². The number of likely N-dealkylation sites (tertiary alicyclic amines) is 1. The molecular weight excluding hydrogens is 423 g/mol. The maximum Gasteiger partial charge on any atom is 0.296 e. The number of pyridine rings is 1. The monoisotopic (exact) mass is 438 g/mol. The molecule has 3 aromatic rings. The third-order valence-corrected chi connectivity index (χ3v) is 5.65. The van der Waals surface area contributed by atoms with E-state index in [1.807, 2.05) is 36.4 Å². The molecular formula is C23H16Cl2N2O3. The molecule has 1 saturated heterocycles. The van der Waals surface area contributed by atoms with E-state index in [9.17, 15) is 14.7 Å². The molecule has 30 heavy (non-hydrogen) atoms. The van der Waals surface area contributed by atoms with Gasteiger partial charge >= 0.3 is 0 Å². The highest BCUT2D eigenvalue weighted by Gasteiger charge is 2.46. The lowest BCUT2D eigenvalue weighted by Crippen LogP contribution is -2.29. The van der Waals surface area contributed by atoms with Crippen LogP contribution in [0.15, 0.2) is 78.5 Å². The second kappa shape index (κ2) is 8.30. The molecule has 0 radical (unpaired) electrons. The zero-order valence-corrected chi connectivity index (χ0v) is 17.1. The van der Waals surface area contributed by atoms with E-state index in [0.717, 1.165) is 0 Å². The first-order valence-corrected chi connectivity index (χ1v) is 9.91. The molecule has 0 bridgehead atoms. The third-order valence-electron chi connectivity index (χ3n) is 4.91. The number of amides is 1. The fourth-order valence-corrected chi connectivity index (χ4v) is 3.79. The van der Waals surface area contributed by atoms with E-state index in [2.05, 4.69) is 4.98 Å². The van der Waals surface area contributed by atoms with Gasteiger partial charge < -0.3 is 10.0 Å². The number of aliphatic hydroxyl groups excluding tert-OH is 1. The first-order chi connectivity index (χ1) is 14.5. The van der Waals surface area contributed by atoms with Crippen molar-refractivity contribution in [3.63, 3.8) is 0 Å². The summed E-state index contributed by atoms with van der Waals surface area (Å²) < 4.78 is 0. The van der Waals surface area contributed by atoms with E-state index >= 15 is 0 Å². The third kappa shape index (κ3) is 3.70. The summed E-state index contributed by atoms with van der Waals surface area (Å²) >= 11 is 12.1. The lowest BCUT2D eigenvalue weighted by Gasteiger charge is -2.25. The number of aliphatic hydroxyl groups is 1. The Labute approximate surface area is 183 Å². The Morgan fingerprint density at radius 2 is 1.70 bits per heavy atom. The molecule has 2 aromatic carbocycles. The minimum atomic E-state index is -0.761. The van der Waals surface area contributed by atoms with Gasteiger partial charge in [-0.15, -0.1) is 0 Å². The maximum atomic E-state index is 13.0. The van der Waals surface area contributed by atoms with Gasteiger partial charge in [0, 0.05) is 11.8 Å². The van der Waals surface area contributed by atoms with Gasteiger partial charge in [-0.05, 0) is 35.9 Å². The fourth-order valence-electron chi connectivity index (χ4n) is 3.49. The van der Waals surface area contributed by atoms with Crippen molar-refractivity contribution in [3.05, 3.63) is 105 Å². The Balaban J connectivity index is 1.86. The van der Waals surface area contributed by atoms with Crippen molar-refractivity contribution in [1.82, 2.24) is 9.88 Å². The number of halogens is 2. The molecule has 0 aliphatic carbocycles. The van der Waals surface area contributed by atoms with E-state index in [1.54, 1.807) is 24.4 Å². The number of benzene rings is 2. The number of hydrogen-bond acceptors (Lipinski definition) is 4. The SMILES string of the molecule is O=C1C(=O)N(Cc2ccccn2)C(c2ccccc2)/C1=C(/O)c1ccc(Cl)c(Cl)c1. The molecule has 1 aliphatic heterocycles. The summed E-state index contributed by atoms with van der Waals surface area (Å²) in [7, 11) is 0. The number of aromatic nitrogens is 1. The quantitative estimate of drug-likeness (QED) is 0.353. The highest BCUT2D eigenvalue weighted by molar-refractivity contribution is 6.46. The van der Waals surface area contributed by atoms with Crippen LogP contribution in [0.25, 0.3) is 5.76 Å². The lowest BCUT2D eigenvalue weighted by molar-refractivity contribution is -0.140. The van der Waals surface area contributed by atoms with Crippen LogP contribution in [0.1, 0.15) is 22.9 Å². The average molecular weight is 439 g/mol. The minimum absolute atomic E-state index is 0.000482. The van der Waals surface area contributed by atoms with E-state index in [-0.39, 0.29) is 22.9 Å². The van der Waals surface area contributed by atoms with E-state index in [1.165, 1.54) is 17.0 Å². The Bertz CT molecular complexity index is 1150. The van der Waals surface area contributed by atoms with E-state index < -0.39 is 17.7 Å². The zero-order valence-electron chi connectivity index (χ0n) is 15.6. The highest BCUT2D eigenvalue weighted by Crippen LogP contribution is 2.40. The standard InChI is InChI=1S/C23H16Cl2N2O3/c24-17-10-9-15(12-18(17)25)21(28)19-20(14-6-2-1-3-7-14)27(23(30)22(19)29)13-16-8-4-5-11-26-16/h1-12,20,28H,13H2/b21-19-. The van der Waals surface area contributed by atoms with Gasteiger partial charge in [-0.3, -0.25) is 14.6 Å². The molecule has 0 spiro atoms. The molecule has 1 aliphatic rings. The van der Waals surface area contributed by atoms with Gasteiger partial charge in [-0.1, -0.05) is 59.6 Å². The summed E-state index contributed by atoms with van der Waals surface area (Å²) in [6.45, 7) is 0.128. The number of ketones is 1. The van der Waals surface area contributed by atoms with Crippen molar-refractivity contribution in [1.29, 1.82) is 0 Å². The molecule has 150 valence electrons. The van der Waals surface area contributed by atoms with Crippen molar-refractivity contribution in [3.8, 4) is 0 Å². The summed E-state index contributed by atoms with van der Waals surface area (Å²) in [6.07, 6.45) is 1.62. The molecule has 5 nitrogen and oxygen atoms in total. The van der Waals surface area contributed by atoms with Crippen molar-refractivity contribution < 1.29 is 14.7 Å². The van der Waals surface area contributed by atoms with Crippen molar-refractivity contribution >= 4 is 40.7 Å². The van der Waals surface area contributed by atoms with Gasteiger partial charge in [-0.2, -0.15) is 0 Å². The maximum absolute atomic E-state index is 13.0. The van der Waals surface area contributed by atoms with Crippen molar-refractivity contribution in [2.24, 2.45) is 0 Å². The smallest absolute Gasteiger partial charge is 0.296 e. The fraction of sp³-hybridized carbons (Fsp3) is 0.0870. The van der Waals surface area contributed by atoms with Gasteiger partial charge in [0.2, 0.25) is 0 Å². The van der Waals surface area contributed by atoms with E-state index in [4.69, 9.17) is 23.2 Å². The summed E-state index contributed by atoms with van der Waals surface area (Å²) in [6, 6.07) is 18.2. The largest absolute Gasteiger partial charge is 0.507 e. The zero-order chi connectivity index (χ0) is 21.3. The topological polar surface area (TPSA) is 70.5 Å². The Hall–Kier alpha value is -3.15. The van der Waals surface area contributed by atoms with Crippen LogP contribution in [0.5, 0.6) is 0 Å². The van der Waals surface area contributed by atoms with Crippen LogP contribution in [-0.4, -0.2) is 26.7 Å². The number of Topliss-reactive ketones (excluding diaryl/α,β-unsaturated/α-hetero) is 1. The number of nitrogens with zero attached hydrogens (tertiary/aromatic N) is 2. The molecule has 7 heteroatoms. The minimum Gasteiger partial charge on any atom is -0.507 e. The second-order valence-electron chi connectivity index (χ2n) is 6.79. The average Bonchev–Trinajstić information content (AvgIpc) is 3.01. The molecule has 4 rings (SSSR count). The molecule has 2 heterocycles. The van der Waals surface area contributed by atoms with E-state index in [0.29, 0.717) is 21.8 Å². The Morgan fingerprint density at radius 1 is 0.967 bits per heavy atom. The lowest BCUT2D eigenvalue weighted by atomic mass is 9.95. The summed E-state index contributed by atoms with van der Waals surface area (Å²) in [5.74, 6) is -1.76. The molecule has 1 aromatic heterocycles. The second-order valence-corrected chi connectivity index (χ2v) is 7.60. The number of carbonyl (C=O) groups is 2. The van der Waals surface area contributed by atoms with Crippen LogP contribution < -0.4 is 0 Å². The van der Waals surface area contributed by atoms with Crippen molar-refractivity contribution in [2.75, 3.05) is 0 Å². The molecule has 1 amide bonds. The number of rotatable bonds is 4. The summed E-state index contributed by atoms with van der Waals surface area (Å²) in [4.78, 5) is 31.6. The predicted octanol–water partition coefficient (Wildman–Crippen LogP) is 5.01. The summed E-state index contributed by atoms with van der Waals surface area (Å²) in [5, 5.41) is 11.6.